The number of nitrogens with zero attached hydrogens (tertiary/aromatic N) is 7. The number of methoxy groups -OCH3 is 1. The van der Waals surface area contributed by atoms with Crippen molar-refractivity contribution in [1.29, 1.82) is 0 Å². The van der Waals surface area contributed by atoms with E-state index in [4.69, 9.17) is 36.8 Å². The highest BCUT2D eigenvalue weighted by molar-refractivity contribution is 7.82. The number of hydrogen-bond acceptors (Lipinski definition) is 13. The Kier molecular flexibility index (Phi) is 14.4. The number of urea groups is 1. The van der Waals surface area contributed by atoms with Crippen LogP contribution in [0.1, 0.15) is 83.2 Å². The third kappa shape index (κ3) is 9.64. The molecule has 17 nitrogen and oxygen atoms in total. The number of pyridine rings is 1. The third-order valence-corrected chi connectivity index (χ3v) is 15.2. The summed E-state index contributed by atoms with van der Waals surface area (Å²) in [7, 11) is 3.25. The molecule has 7 heterocycles. The molecule has 8 rings (SSSR count). The van der Waals surface area contributed by atoms with Crippen molar-refractivity contribution in [3.8, 4) is 22.5 Å². The lowest BCUT2D eigenvalue weighted by Gasteiger charge is -2.57. The highest BCUT2D eigenvalue weighted by Crippen LogP contribution is 2.42. The maximum Gasteiger partial charge on any atom is 0.338 e. The molecule has 3 aromatic heterocycles. The summed E-state index contributed by atoms with van der Waals surface area (Å²) in [6, 6.07) is 7.75. The molecule has 4 aromatic rings. The molecule has 3 saturated heterocycles. The Morgan fingerprint density at radius 3 is 2.62 bits per heavy atom. The fourth-order valence-electron chi connectivity index (χ4n) is 10.2. The Hall–Kier alpha value is -5.34. The van der Waals surface area contributed by atoms with E-state index in [0.717, 1.165) is 39.0 Å². The number of fused-ring (bicyclic) bond motifs is 6. The summed E-state index contributed by atoms with van der Waals surface area (Å²) in [6.45, 7) is 17.7. The lowest BCUT2D eigenvalue weighted by atomic mass is 9.84. The topological polar surface area (TPSA) is 181 Å². The minimum absolute atomic E-state index is 0.0235. The molecule has 4 aliphatic rings. The van der Waals surface area contributed by atoms with E-state index in [1.165, 1.54) is 27.3 Å². The van der Waals surface area contributed by atoms with Crippen LogP contribution in [0.25, 0.3) is 33.4 Å². The van der Waals surface area contributed by atoms with Crippen LogP contribution in [0, 0.1) is 11.3 Å². The summed E-state index contributed by atoms with van der Waals surface area (Å²) in [5, 5.41) is 7.95. The van der Waals surface area contributed by atoms with Crippen molar-refractivity contribution >= 4 is 64.6 Å². The number of likely N-dealkylation sites (tertiary alicyclic amines) is 1. The number of likely N-dealkylation sites (N-methyl/N-ethyl adjacent to an activating group) is 1. The summed E-state index contributed by atoms with van der Waals surface area (Å²) in [5.41, 5.74) is 7.98. The second kappa shape index (κ2) is 19.8. The molecule has 5 amide bonds. The van der Waals surface area contributed by atoms with Crippen molar-refractivity contribution < 1.29 is 38.2 Å². The molecule has 0 saturated carbocycles. The van der Waals surface area contributed by atoms with Gasteiger partial charge in [-0.2, -0.15) is 0 Å². The van der Waals surface area contributed by atoms with Gasteiger partial charge in [0.25, 0.3) is 5.91 Å². The van der Waals surface area contributed by atoms with Gasteiger partial charge in [-0.05, 0) is 81.4 Å². The number of carbonyl (C=O) groups excluding carboxylic acids is 5. The van der Waals surface area contributed by atoms with Crippen LogP contribution in [0.4, 0.5) is 4.79 Å². The minimum atomic E-state index is -1.55. The molecule has 3 fully saturated rings. The van der Waals surface area contributed by atoms with Gasteiger partial charge < -0.3 is 33.9 Å². The second-order valence-electron chi connectivity index (χ2n) is 19.8. The van der Waals surface area contributed by atoms with Gasteiger partial charge in [0.2, 0.25) is 11.8 Å². The molecule has 370 valence electrons. The van der Waals surface area contributed by atoms with Crippen LogP contribution in [0.2, 0.25) is 0 Å². The molecule has 0 radical (unpaired) electrons. The van der Waals surface area contributed by atoms with Gasteiger partial charge in [-0.3, -0.25) is 29.3 Å². The zero-order valence-corrected chi connectivity index (χ0v) is 42.6. The first kappa shape index (κ1) is 50.1. The van der Waals surface area contributed by atoms with Gasteiger partial charge in [0.05, 0.1) is 54.5 Å². The van der Waals surface area contributed by atoms with Crippen LogP contribution in [-0.4, -0.2) is 140 Å². The summed E-state index contributed by atoms with van der Waals surface area (Å²) in [4.78, 5) is 83.4. The number of thiazole rings is 1. The highest BCUT2D eigenvalue weighted by atomic mass is 32.1. The van der Waals surface area contributed by atoms with Crippen molar-refractivity contribution in [1.82, 2.24) is 45.0 Å². The minimum Gasteiger partial charge on any atom is -0.463 e. The fourth-order valence-corrected chi connectivity index (χ4v) is 11.4. The van der Waals surface area contributed by atoms with Gasteiger partial charge in [-0.1, -0.05) is 40.3 Å². The van der Waals surface area contributed by atoms with Crippen LogP contribution in [0.3, 0.4) is 0 Å². The molecule has 2 N–H and O–H groups in total. The lowest BCUT2D eigenvalue weighted by Crippen LogP contribution is -2.76. The van der Waals surface area contributed by atoms with Crippen molar-refractivity contribution in [2.24, 2.45) is 11.3 Å². The number of amides is 5. The number of benzene rings is 1. The maximum absolute atomic E-state index is 14.8. The van der Waals surface area contributed by atoms with E-state index in [9.17, 15) is 24.0 Å². The largest absolute Gasteiger partial charge is 0.463 e. The number of cyclic esters (lactones) is 1. The first-order chi connectivity index (χ1) is 32.8. The molecule has 4 aliphatic heterocycles. The van der Waals surface area contributed by atoms with Gasteiger partial charge in [0.15, 0.2) is 10.6 Å². The summed E-state index contributed by atoms with van der Waals surface area (Å²) < 4.78 is 20.4. The first-order valence-corrected chi connectivity index (χ1v) is 25.1. The Balaban J connectivity index is 1.16. The standard InChI is InChI=1S/C50H65N9O8S2/c1-10-40(60)56-27-49(28-56)58(20-14-22-67-49)47(64)55(8)42(30(3)4)44(61)53-36-24-39-52-37(26-69-39)32-16-17-38-34(23-32)35(43(57(38)11-2)33-15-12-19-51-41(33)31(5)65-9)25-48(6,7)29-66-46(63)50(68)18-13-21-59(54-50)45(36)62/h10,12,15-17,19,23,26,30-31,36,42,54,68H,1,11,13-14,18,20-22,24-25,27-29H2,2-9H3,(H,53,61)/t31-,36-,42?,50-/m0/s1. The van der Waals surface area contributed by atoms with E-state index < -0.39 is 51.9 Å². The van der Waals surface area contributed by atoms with E-state index in [-0.39, 0.29) is 57.0 Å². The number of aromatic nitrogens is 3. The predicted octanol–water partition coefficient (Wildman–Crippen LogP) is 5.98. The number of rotatable bonds is 9. The zero-order chi connectivity index (χ0) is 49.6. The third-order valence-electron chi connectivity index (χ3n) is 13.9. The molecule has 4 atom stereocenters. The van der Waals surface area contributed by atoms with Crippen LogP contribution >= 0.6 is 24.0 Å². The summed E-state index contributed by atoms with van der Waals surface area (Å²) in [6.07, 6.45) is 4.60. The molecule has 1 spiro atoms. The van der Waals surface area contributed by atoms with Gasteiger partial charge in [-0.25, -0.2) is 20.0 Å². The molecular weight excluding hydrogens is 919 g/mol. The molecule has 1 aromatic carbocycles. The van der Waals surface area contributed by atoms with E-state index in [2.05, 4.69) is 66.9 Å². The van der Waals surface area contributed by atoms with E-state index >= 15 is 0 Å². The van der Waals surface area contributed by atoms with E-state index in [1.807, 2.05) is 32.2 Å². The summed E-state index contributed by atoms with van der Waals surface area (Å²) in [5.74, 6) is -2.28. The molecule has 69 heavy (non-hydrogen) atoms. The monoisotopic (exact) mass is 983 g/mol. The first-order valence-electron chi connectivity index (χ1n) is 23.8. The molecule has 19 heteroatoms. The average molecular weight is 984 g/mol. The number of hydrogen-bond donors (Lipinski definition) is 3. The average Bonchev–Trinajstić information content (AvgIpc) is 3.92. The predicted molar refractivity (Wildman–Crippen MR) is 266 cm³/mol. The van der Waals surface area contributed by atoms with E-state index in [0.29, 0.717) is 49.7 Å². The van der Waals surface area contributed by atoms with Crippen molar-refractivity contribution in [3.63, 3.8) is 0 Å². The van der Waals surface area contributed by atoms with Crippen LogP contribution < -0.4 is 10.7 Å². The molecule has 1 unspecified atom stereocenters. The number of hydrazine groups is 1. The van der Waals surface area contributed by atoms with Gasteiger partial charge in [-0.15, -0.1) is 24.0 Å². The smallest absolute Gasteiger partial charge is 0.338 e. The van der Waals surface area contributed by atoms with Gasteiger partial charge in [0, 0.05) is 79.2 Å². The Morgan fingerprint density at radius 1 is 1.14 bits per heavy atom. The van der Waals surface area contributed by atoms with Crippen LogP contribution in [0.15, 0.2) is 54.6 Å². The SMILES string of the molecule is C=CC(=O)N1CC2(C1)OCCCN2C(=O)N(C)C(C(=O)N[C@H]1Cc2nc(cs2)-c2ccc3c(c2)c(c(-c2cccnc2[C@H](C)OC)n3CC)CC(C)(C)COC(=O)[C@@]2(S)CCCN(N2)C1=O)C(C)C. The Bertz CT molecular complexity index is 2640. The number of ether oxygens (including phenoxy) is 3. The van der Waals surface area contributed by atoms with Gasteiger partial charge >= 0.3 is 12.0 Å². The maximum atomic E-state index is 14.8. The number of esters is 1. The second-order valence-corrected chi connectivity index (χ2v) is 21.5. The fraction of sp³-hybridized carbons (Fsp3) is 0.540. The van der Waals surface area contributed by atoms with E-state index in [1.54, 1.807) is 30.2 Å². The lowest BCUT2D eigenvalue weighted by molar-refractivity contribution is -0.234. The van der Waals surface area contributed by atoms with Crippen LogP contribution in [0.5, 0.6) is 0 Å². The number of aryl methyl sites for hydroxylation is 1. The highest BCUT2D eigenvalue weighted by Gasteiger charge is 2.55. The molecular formula is C50H65N9O8S2. The number of thiol groups is 1. The molecule has 0 aliphatic carbocycles. The number of carbonyl (C=O) groups is 5. The molecule has 6 bridgehead atoms. The van der Waals surface area contributed by atoms with Crippen molar-refractivity contribution in [3.05, 3.63) is 70.8 Å². The van der Waals surface area contributed by atoms with Crippen molar-refractivity contribution in [2.75, 3.05) is 53.6 Å². The van der Waals surface area contributed by atoms with Gasteiger partial charge in [0.1, 0.15) is 12.1 Å². The van der Waals surface area contributed by atoms with Crippen LogP contribution in [-0.2, 0) is 52.8 Å². The quantitative estimate of drug-likeness (QED) is 0.102. The summed E-state index contributed by atoms with van der Waals surface area (Å²) >= 11 is 6.24. The number of nitrogens with one attached hydrogen (secondary N) is 2. The Labute approximate surface area is 413 Å². The zero-order valence-electron chi connectivity index (χ0n) is 40.9. The normalized spacial score (nSPS) is 22.4. The van der Waals surface area contributed by atoms with Crippen molar-refractivity contribution in [2.45, 2.75) is 109 Å². The Morgan fingerprint density at radius 2 is 1.91 bits per heavy atom.